The number of benzene rings is 1. The fourth-order valence-corrected chi connectivity index (χ4v) is 3.84. The Hall–Kier alpha value is -2.96. The summed E-state index contributed by atoms with van der Waals surface area (Å²) >= 11 is 12.8. The van der Waals surface area contributed by atoms with Crippen molar-refractivity contribution >= 4 is 51.9 Å². The van der Waals surface area contributed by atoms with Crippen molar-refractivity contribution in [3.05, 3.63) is 69.1 Å². The maximum Gasteiger partial charge on any atom is 0.222 e. The molecule has 0 aliphatic rings. The molecule has 0 saturated heterocycles. The summed E-state index contributed by atoms with van der Waals surface area (Å²) in [6.45, 7) is 9.71. The Kier molecular flexibility index (Phi) is 8.64. The van der Waals surface area contributed by atoms with Crippen LogP contribution >= 0.6 is 23.2 Å². The summed E-state index contributed by atoms with van der Waals surface area (Å²) in [7, 11) is 0. The molecule has 2 heterocycles. The number of hydrogen-bond donors (Lipinski definition) is 1. The summed E-state index contributed by atoms with van der Waals surface area (Å²) in [4.78, 5) is 25.6. The lowest BCUT2D eigenvalue weighted by Crippen LogP contribution is -2.28. The molecule has 1 N–H and O–H groups in total. The minimum atomic E-state index is -0.120. The van der Waals surface area contributed by atoms with E-state index >= 15 is 0 Å². The zero-order valence-corrected chi connectivity index (χ0v) is 21.5. The molecular weight excluding hydrogens is 471 g/mol. The second kappa shape index (κ2) is 11.4. The van der Waals surface area contributed by atoms with E-state index in [-0.39, 0.29) is 25.0 Å². The number of aromatic nitrogens is 2. The molecule has 0 fully saturated rings. The molecule has 1 aromatic carbocycles. The van der Waals surface area contributed by atoms with E-state index in [9.17, 15) is 4.79 Å². The van der Waals surface area contributed by atoms with Crippen LogP contribution in [0.5, 0.6) is 5.75 Å². The number of halogens is 2. The summed E-state index contributed by atoms with van der Waals surface area (Å²) in [5, 5.41) is 4.88. The van der Waals surface area contributed by atoms with Gasteiger partial charge in [0.25, 0.3) is 0 Å². The van der Waals surface area contributed by atoms with Gasteiger partial charge in [0.1, 0.15) is 17.9 Å². The molecule has 1 amide bonds. The Morgan fingerprint density at radius 3 is 2.74 bits per heavy atom. The number of pyridine rings is 2. The zero-order chi connectivity index (χ0) is 24.8. The number of nitrogens with zero attached hydrogens (tertiary/aromatic N) is 3. The summed E-state index contributed by atoms with van der Waals surface area (Å²) in [6.07, 6.45) is 3.33. The highest BCUT2D eigenvalue weighted by Crippen LogP contribution is 2.34. The van der Waals surface area contributed by atoms with Gasteiger partial charge in [-0.2, -0.15) is 0 Å². The number of hydrogen-bond acceptors (Lipinski definition) is 5. The van der Waals surface area contributed by atoms with E-state index in [0.717, 1.165) is 16.6 Å². The molecule has 0 aliphatic heterocycles. The molecule has 3 rings (SSSR count). The van der Waals surface area contributed by atoms with E-state index in [1.807, 2.05) is 58.9 Å². The number of nitrogens with one attached hydrogen (secondary N) is 1. The van der Waals surface area contributed by atoms with Crippen LogP contribution in [0, 0.1) is 12.8 Å². The zero-order valence-electron chi connectivity index (χ0n) is 19.9. The normalized spacial score (nSPS) is 12.4. The summed E-state index contributed by atoms with van der Waals surface area (Å²) in [6, 6.07) is 9.42. The first-order valence-corrected chi connectivity index (χ1v) is 11.8. The summed E-state index contributed by atoms with van der Waals surface area (Å²) in [5.74, 6) is 0.431. The van der Waals surface area contributed by atoms with Gasteiger partial charge < -0.3 is 10.1 Å². The van der Waals surface area contributed by atoms with Crippen molar-refractivity contribution in [2.75, 3.05) is 0 Å². The first-order valence-electron chi connectivity index (χ1n) is 11.0. The SMILES string of the molecule is C/C=N\C(=C(/C)Cl)c1cc(C)nc2c(OCc3c(Cl)ccnc3CNC(=O)C(C)C)cccc12. The molecule has 0 atom stereocenters. The van der Waals surface area contributed by atoms with Crippen LogP contribution in [0.15, 0.2) is 46.6 Å². The number of ether oxygens (including phenoxy) is 1. The van der Waals surface area contributed by atoms with Crippen molar-refractivity contribution in [3.63, 3.8) is 0 Å². The van der Waals surface area contributed by atoms with E-state index in [2.05, 4.69) is 15.3 Å². The largest absolute Gasteiger partial charge is 0.486 e. The first-order chi connectivity index (χ1) is 16.2. The fraction of sp³-hybridized carbons (Fsp3) is 0.308. The van der Waals surface area contributed by atoms with Crippen molar-refractivity contribution < 1.29 is 9.53 Å². The Bertz CT molecular complexity index is 1270. The second-order valence-corrected chi connectivity index (χ2v) is 9.09. The third-order valence-corrected chi connectivity index (χ3v) is 5.72. The van der Waals surface area contributed by atoms with Crippen molar-refractivity contribution in [1.82, 2.24) is 15.3 Å². The Morgan fingerprint density at radius 1 is 1.29 bits per heavy atom. The minimum absolute atomic E-state index is 0.0527. The van der Waals surface area contributed by atoms with Crippen LogP contribution in [0.4, 0.5) is 0 Å². The van der Waals surface area contributed by atoms with E-state index in [0.29, 0.717) is 38.3 Å². The van der Waals surface area contributed by atoms with Crippen LogP contribution in [-0.2, 0) is 17.9 Å². The number of aliphatic imine (C=N–C) groups is 1. The molecular formula is C26H28Cl2N4O2. The van der Waals surface area contributed by atoms with E-state index in [1.165, 1.54) is 0 Å². The predicted molar refractivity (Wildman–Crippen MR) is 139 cm³/mol. The Balaban J connectivity index is 1.97. The lowest BCUT2D eigenvalue weighted by atomic mass is 10.0. The van der Waals surface area contributed by atoms with Gasteiger partial charge in [0, 0.05) is 45.6 Å². The first kappa shape index (κ1) is 25.7. The quantitative estimate of drug-likeness (QED) is 0.361. The van der Waals surface area contributed by atoms with Gasteiger partial charge in [0.15, 0.2) is 0 Å². The molecule has 8 heteroatoms. The lowest BCUT2D eigenvalue weighted by molar-refractivity contribution is -0.124. The van der Waals surface area contributed by atoms with E-state index in [1.54, 1.807) is 18.5 Å². The average Bonchev–Trinajstić information content (AvgIpc) is 2.79. The molecule has 0 saturated carbocycles. The Morgan fingerprint density at radius 2 is 2.06 bits per heavy atom. The van der Waals surface area contributed by atoms with Gasteiger partial charge in [-0.25, -0.2) is 4.98 Å². The van der Waals surface area contributed by atoms with Gasteiger partial charge in [0.2, 0.25) is 5.91 Å². The van der Waals surface area contributed by atoms with Crippen LogP contribution in [0.3, 0.4) is 0 Å². The van der Waals surface area contributed by atoms with Gasteiger partial charge >= 0.3 is 0 Å². The van der Waals surface area contributed by atoms with Crippen LogP contribution in [0.2, 0.25) is 5.02 Å². The number of carbonyl (C=O) groups is 1. The number of fused-ring (bicyclic) bond motifs is 1. The number of rotatable bonds is 8. The standard InChI is InChI=1S/C26H28Cl2N4O2/c1-6-29-24(17(5)27)19-12-16(4)32-25-18(19)8-7-9-23(25)34-14-20-21(28)10-11-30-22(20)13-31-26(33)15(2)3/h6-12,15H,13-14H2,1-5H3,(H,31,33)/b24-17+,29-6-. The molecule has 2 aromatic heterocycles. The molecule has 6 nitrogen and oxygen atoms in total. The molecule has 0 spiro atoms. The van der Waals surface area contributed by atoms with Gasteiger partial charge in [-0.1, -0.05) is 49.2 Å². The molecule has 178 valence electrons. The molecule has 0 unspecified atom stereocenters. The molecule has 34 heavy (non-hydrogen) atoms. The van der Waals surface area contributed by atoms with Crippen LogP contribution in [-0.4, -0.2) is 22.1 Å². The average molecular weight is 499 g/mol. The monoisotopic (exact) mass is 498 g/mol. The van der Waals surface area contributed by atoms with Gasteiger partial charge in [-0.15, -0.1) is 0 Å². The fourth-order valence-electron chi connectivity index (χ4n) is 3.47. The molecule has 0 aliphatic carbocycles. The predicted octanol–water partition coefficient (Wildman–Crippen LogP) is 6.46. The molecule has 3 aromatic rings. The number of allylic oxidation sites excluding steroid dienone is 1. The highest BCUT2D eigenvalue weighted by atomic mass is 35.5. The minimum Gasteiger partial charge on any atom is -0.486 e. The summed E-state index contributed by atoms with van der Waals surface area (Å²) < 4.78 is 6.20. The maximum atomic E-state index is 12.0. The second-order valence-electron chi connectivity index (χ2n) is 8.11. The number of amides is 1. The highest BCUT2D eigenvalue weighted by molar-refractivity contribution is 6.32. The van der Waals surface area contributed by atoms with E-state index in [4.69, 9.17) is 32.9 Å². The van der Waals surface area contributed by atoms with Crippen molar-refractivity contribution in [2.24, 2.45) is 10.9 Å². The van der Waals surface area contributed by atoms with Gasteiger partial charge in [0.05, 0.1) is 23.0 Å². The van der Waals surface area contributed by atoms with Gasteiger partial charge in [-0.3, -0.25) is 14.8 Å². The summed E-state index contributed by atoms with van der Waals surface area (Å²) in [5.41, 5.74) is 4.47. The van der Waals surface area contributed by atoms with Gasteiger partial charge in [-0.05, 0) is 39.0 Å². The smallest absolute Gasteiger partial charge is 0.222 e. The number of para-hydroxylation sites is 1. The van der Waals surface area contributed by atoms with Crippen LogP contribution < -0.4 is 10.1 Å². The lowest BCUT2D eigenvalue weighted by Gasteiger charge is -2.15. The number of aryl methyl sites for hydroxylation is 1. The van der Waals surface area contributed by atoms with Crippen molar-refractivity contribution in [3.8, 4) is 5.75 Å². The number of carbonyl (C=O) groups excluding carboxylic acids is 1. The van der Waals surface area contributed by atoms with Crippen LogP contribution in [0.25, 0.3) is 16.6 Å². The van der Waals surface area contributed by atoms with Crippen molar-refractivity contribution in [1.29, 1.82) is 0 Å². The topological polar surface area (TPSA) is 76.5 Å². The van der Waals surface area contributed by atoms with E-state index < -0.39 is 0 Å². The van der Waals surface area contributed by atoms with Crippen molar-refractivity contribution in [2.45, 2.75) is 47.8 Å². The highest BCUT2D eigenvalue weighted by Gasteiger charge is 2.16. The maximum absolute atomic E-state index is 12.0. The third kappa shape index (κ3) is 5.93. The molecule has 0 bridgehead atoms. The molecule has 0 radical (unpaired) electrons. The Labute approximate surface area is 210 Å². The van der Waals surface area contributed by atoms with Crippen LogP contribution in [0.1, 0.15) is 50.2 Å². The third-order valence-electron chi connectivity index (χ3n) is 5.18.